The fourth-order valence-corrected chi connectivity index (χ4v) is 2.23. The summed E-state index contributed by atoms with van der Waals surface area (Å²) in [5.41, 5.74) is 4.30. The fraction of sp³-hybridized carbons (Fsp3) is 0.800. The van der Waals surface area contributed by atoms with Crippen molar-refractivity contribution >= 4 is 16.2 Å². The Hall–Kier alpha value is -0.660. The van der Waals surface area contributed by atoms with Crippen LogP contribution in [0.4, 0.5) is 0 Å². The first-order valence-corrected chi connectivity index (χ1v) is 4.66. The Morgan fingerprint density at radius 2 is 2.00 bits per heavy atom. The highest BCUT2D eigenvalue weighted by Crippen LogP contribution is 2.32. The van der Waals surface area contributed by atoms with E-state index in [0.717, 1.165) is 0 Å². The van der Waals surface area contributed by atoms with Crippen LogP contribution in [-0.2, 0) is 15.1 Å². The van der Waals surface area contributed by atoms with Crippen molar-refractivity contribution in [2.45, 2.75) is 25.4 Å². The number of hydrogen-bond donors (Lipinski definition) is 2. The van der Waals surface area contributed by atoms with Gasteiger partial charge in [-0.15, -0.1) is 0 Å². The van der Waals surface area contributed by atoms with Gasteiger partial charge in [0.1, 0.15) is 6.04 Å². The van der Waals surface area contributed by atoms with Crippen molar-refractivity contribution in [1.82, 2.24) is 4.31 Å². The Labute approximate surface area is 70.2 Å². The number of β-lactam (4-membered cyclic amide) rings is 1. The second-order valence-electron chi connectivity index (χ2n) is 3.21. The van der Waals surface area contributed by atoms with E-state index < -0.39 is 27.8 Å². The summed E-state index contributed by atoms with van der Waals surface area (Å²) in [7, 11) is -4.45. The van der Waals surface area contributed by atoms with Gasteiger partial charge >= 0.3 is 10.3 Å². The van der Waals surface area contributed by atoms with Gasteiger partial charge < -0.3 is 5.73 Å². The quantitative estimate of drug-likeness (QED) is 0.400. The lowest BCUT2D eigenvalue weighted by atomic mass is 9.86. The fourth-order valence-electron chi connectivity index (χ4n) is 1.18. The Bertz CT molecular complexity index is 320. The Morgan fingerprint density at radius 3 is 2.17 bits per heavy atom. The molecule has 7 heteroatoms. The molecule has 12 heavy (non-hydrogen) atoms. The van der Waals surface area contributed by atoms with Gasteiger partial charge in [0.15, 0.2) is 0 Å². The van der Waals surface area contributed by atoms with Crippen LogP contribution >= 0.6 is 0 Å². The minimum absolute atomic E-state index is 0.380. The standard InChI is InChI=1S/C5H10N2O4S/c1-5(2)3(6)4(8)7(5)12(9,10)11/h3H,6H2,1-2H3,(H,9,10,11). The van der Waals surface area contributed by atoms with E-state index in [0.29, 0.717) is 4.31 Å². The zero-order valence-electron chi connectivity index (χ0n) is 6.68. The number of nitrogens with two attached hydrogens (primary N) is 1. The van der Waals surface area contributed by atoms with Crippen LogP contribution in [0.2, 0.25) is 0 Å². The van der Waals surface area contributed by atoms with E-state index in [2.05, 4.69) is 0 Å². The molecule has 1 aliphatic rings. The van der Waals surface area contributed by atoms with Crippen LogP contribution in [0.25, 0.3) is 0 Å². The second kappa shape index (κ2) is 2.18. The summed E-state index contributed by atoms with van der Waals surface area (Å²) in [6.45, 7) is 2.93. The monoisotopic (exact) mass is 194 g/mol. The van der Waals surface area contributed by atoms with Crippen LogP contribution in [0.15, 0.2) is 0 Å². The molecule has 70 valence electrons. The molecule has 0 aromatic rings. The summed E-state index contributed by atoms with van der Waals surface area (Å²) < 4.78 is 30.1. The van der Waals surface area contributed by atoms with Gasteiger partial charge in [0.05, 0.1) is 5.54 Å². The molecule has 0 saturated carbocycles. The summed E-state index contributed by atoms with van der Waals surface area (Å²) in [5.74, 6) is -0.775. The predicted octanol–water partition coefficient (Wildman–Crippen LogP) is -1.26. The molecule has 1 amide bonds. The highest BCUT2D eigenvalue weighted by molar-refractivity contribution is 7.84. The third-order valence-corrected chi connectivity index (χ3v) is 3.09. The number of nitrogens with zero attached hydrogens (tertiary/aromatic N) is 1. The molecule has 0 aromatic carbocycles. The largest absolute Gasteiger partial charge is 0.362 e. The van der Waals surface area contributed by atoms with Gasteiger partial charge in [-0.1, -0.05) is 0 Å². The normalized spacial score (nSPS) is 28.5. The van der Waals surface area contributed by atoms with E-state index in [4.69, 9.17) is 10.3 Å². The van der Waals surface area contributed by atoms with E-state index >= 15 is 0 Å². The van der Waals surface area contributed by atoms with Gasteiger partial charge in [-0.3, -0.25) is 9.35 Å². The maximum absolute atomic E-state index is 10.9. The molecule has 0 spiro atoms. The molecule has 3 N–H and O–H groups in total. The van der Waals surface area contributed by atoms with Crippen LogP contribution in [0.1, 0.15) is 13.8 Å². The minimum Gasteiger partial charge on any atom is -0.318 e. The number of carbonyl (C=O) groups is 1. The average molecular weight is 194 g/mol. The van der Waals surface area contributed by atoms with Crippen LogP contribution in [-0.4, -0.2) is 34.8 Å². The number of rotatable bonds is 1. The molecular weight excluding hydrogens is 184 g/mol. The maximum Gasteiger partial charge on any atom is 0.362 e. The van der Waals surface area contributed by atoms with E-state index in [-0.39, 0.29) is 0 Å². The smallest absolute Gasteiger partial charge is 0.318 e. The molecular formula is C5H10N2O4S. The summed E-state index contributed by atoms with van der Waals surface area (Å²) in [4.78, 5) is 10.9. The third kappa shape index (κ3) is 1.01. The summed E-state index contributed by atoms with van der Waals surface area (Å²) in [6, 6.07) is -0.862. The van der Waals surface area contributed by atoms with E-state index in [1.54, 1.807) is 0 Å². The highest BCUT2D eigenvalue weighted by Gasteiger charge is 2.57. The SMILES string of the molecule is CC1(C)C(N)C(=O)N1S(=O)(=O)O. The second-order valence-corrected chi connectivity index (χ2v) is 4.47. The van der Waals surface area contributed by atoms with Gasteiger partial charge in [-0.2, -0.15) is 8.42 Å². The number of amides is 1. The maximum atomic E-state index is 10.9. The molecule has 1 saturated heterocycles. The van der Waals surface area contributed by atoms with Gasteiger partial charge in [-0.05, 0) is 13.8 Å². The van der Waals surface area contributed by atoms with Crippen LogP contribution < -0.4 is 5.73 Å². The number of hydrogen-bond acceptors (Lipinski definition) is 4. The average Bonchev–Trinajstić information content (AvgIpc) is 1.83. The molecule has 6 nitrogen and oxygen atoms in total. The lowest BCUT2D eigenvalue weighted by molar-refractivity contribution is -0.146. The number of carbonyl (C=O) groups excluding carboxylic acids is 1. The zero-order chi connectivity index (χ0) is 9.73. The van der Waals surface area contributed by atoms with E-state index in [9.17, 15) is 13.2 Å². The molecule has 0 aromatic heterocycles. The van der Waals surface area contributed by atoms with Gasteiger partial charge in [0.25, 0.3) is 5.91 Å². The highest BCUT2D eigenvalue weighted by atomic mass is 32.2. The topological polar surface area (TPSA) is 101 Å². The lowest BCUT2D eigenvalue weighted by Crippen LogP contribution is -2.76. The van der Waals surface area contributed by atoms with Crippen molar-refractivity contribution in [3.05, 3.63) is 0 Å². The van der Waals surface area contributed by atoms with Gasteiger partial charge in [0, 0.05) is 0 Å². The van der Waals surface area contributed by atoms with Crippen LogP contribution in [0, 0.1) is 0 Å². The van der Waals surface area contributed by atoms with Crippen molar-refractivity contribution < 1.29 is 17.8 Å². The first-order valence-electron chi connectivity index (χ1n) is 3.26. The van der Waals surface area contributed by atoms with Crippen molar-refractivity contribution in [2.75, 3.05) is 0 Å². The van der Waals surface area contributed by atoms with Gasteiger partial charge in [0.2, 0.25) is 0 Å². The van der Waals surface area contributed by atoms with Crippen molar-refractivity contribution in [2.24, 2.45) is 5.73 Å². The zero-order valence-corrected chi connectivity index (χ0v) is 7.50. The molecule has 1 aliphatic heterocycles. The summed E-state index contributed by atoms with van der Waals surface area (Å²) in [5, 5.41) is 0. The van der Waals surface area contributed by atoms with E-state index in [1.807, 2.05) is 0 Å². The summed E-state index contributed by atoms with van der Waals surface area (Å²) in [6.07, 6.45) is 0. The molecule has 0 radical (unpaired) electrons. The van der Waals surface area contributed by atoms with Crippen molar-refractivity contribution in [3.8, 4) is 0 Å². The molecule has 1 heterocycles. The Balaban J connectivity index is 3.05. The molecule has 1 rings (SSSR count). The molecule has 1 atom stereocenters. The van der Waals surface area contributed by atoms with Crippen molar-refractivity contribution in [1.29, 1.82) is 0 Å². The summed E-state index contributed by atoms with van der Waals surface area (Å²) >= 11 is 0. The minimum atomic E-state index is -4.45. The first-order chi connectivity index (χ1) is 5.19. The molecule has 0 bridgehead atoms. The van der Waals surface area contributed by atoms with Crippen LogP contribution in [0.5, 0.6) is 0 Å². The molecule has 1 fully saturated rings. The molecule has 0 aliphatic carbocycles. The third-order valence-electron chi connectivity index (χ3n) is 1.98. The van der Waals surface area contributed by atoms with Crippen molar-refractivity contribution in [3.63, 3.8) is 0 Å². The lowest BCUT2D eigenvalue weighted by Gasteiger charge is -2.49. The first kappa shape index (κ1) is 9.43. The Kier molecular flexibility index (Phi) is 1.71. The molecule has 1 unspecified atom stereocenters. The van der Waals surface area contributed by atoms with Crippen LogP contribution in [0.3, 0.4) is 0 Å². The Morgan fingerprint density at radius 1 is 1.58 bits per heavy atom. The van der Waals surface area contributed by atoms with E-state index in [1.165, 1.54) is 13.8 Å². The predicted molar refractivity (Wildman–Crippen MR) is 40.4 cm³/mol. The van der Waals surface area contributed by atoms with Gasteiger partial charge in [-0.25, -0.2) is 4.31 Å².